The number of ether oxygens (including phenoxy) is 1. The van der Waals surface area contributed by atoms with Crippen molar-refractivity contribution in [1.82, 2.24) is 0 Å². The maximum atomic E-state index is 13.4. The van der Waals surface area contributed by atoms with Gasteiger partial charge < -0.3 is 21.1 Å². The molecular formula is C29H37N6O5S+. The Balaban J connectivity index is 1.92. The first-order chi connectivity index (χ1) is 19.1. The van der Waals surface area contributed by atoms with Crippen LogP contribution in [0.3, 0.4) is 0 Å². The van der Waals surface area contributed by atoms with Gasteiger partial charge in [-0.1, -0.05) is 45.0 Å². The fourth-order valence-electron chi connectivity index (χ4n) is 3.90. The van der Waals surface area contributed by atoms with Gasteiger partial charge in [0.2, 0.25) is 15.7 Å². The van der Waals surface area contributed by atoms with E-state index in [4.69, 9.17) is 10.6 Å². The summed E-state index contributed by atoms with van der Waals surface area (Å²) in [7, 11) is -2.23. The lowest BCUT2D eigenvalue weighted by molar-refractivity contribution is -0.298. The van der Waals surface area contributed by atoms with E-state index in [0.717, 1.165) is 17.4 Å². The highest BCUT2D eigenvalue weighted by atomic mass is 32.2. The minimum atomic E-state index is -3.62. The number of para-hydroxylation sites is 1. The quantitative estimate of drug-likeness (QED) is 0.147. The molecule has 12 heteroatoms. The number of benzene rings is 3. The van der Waals surface area contributed by atoms with Crippen LogP contribution < -0.4 is 36.7 Å². The molecule has 2 amide bonds. The number of carbonyl (C=O) groups excluding carboxylic acids is 2. The van der Waals surface area contributed by atoms with Crippen molar-refractivity contribution in [3.8, 4) is 5.75 Å². The molecule has 8 N–H and O–H groups in total. The van der Waals surface area contributed by atoms with Crippen molar-refractivity contribution in [3.63, 3.8) is 0 Å². The van der Waals surface area contributed by atoms with Crippen LogP contribution in [-0.4, -0.2) is 33.6 Å². The molecular weight excluding hydrogens is 544 g/mol. The van der Waals surface area contributed by atoms with Gasteiger partial charge in [-0.05, 0) is 59.9 Å². The molecule has 3 rings (SSSR count). The Morgan fingerprint density at radius 3 is 2.22 bits per heavy atom. The topological polar surface area (TPSA) is 170 Å². The summed E-state index contributed by atoms with van der Waals surface area (Å²) in [5.74, 6) is 5.52. The molecule has 0 atom stereocenters. The van der Waals surface area contributed by atoms with Crippen LogP contribution in [0.4, 0.5) is 22.7 Å². The summed E-state index contributed by atoms with van der Waals surface area (Å²) in [5.41, 5.74) is 6.95. The summed E-state index contributed by atoms with van der Waals surface area (Å²) in [6, 6.07) is 17.3. The van der Waals surface area contributed by atoms with E-state index in [1.807, 2.05) is 33.8 Å². The van der Waals surface area contributed by atoms with Gasteiger partial charge in [0.25, 0.3) is 5.91 Å². The molecule has 0 saturated heterocycles. The molecule has 0 unspecified atom stereocenters. The lowest BCUT2D eigenvalue weighted by Crippen LogP contribution is -2.54. The molecule has 0 bridgehead atoms. The molecule has 0 aliphatic carbocycles. The van der Waals surface area contributed by atoms with Crippen LogP contribution >= 0.6 is 0 Å². The Hall–Kier alpha value is -4.39. The van der Waals surface area contributed by atoms with Crippen molar-refractivity contribution in [3.05, 3.63) is 89.3 Å². The highest BCUT2D eigenvalue weighted by Gasteiger charge is 2.23. The number of nitrogens with two attached hydrogens (primary N) is 1. The van der Waals surface area contributed by atoms with E-state index in [1.165, 1.54) is 18.3 Å². The van der Waals surface area contributed by atoms with Gasteiger partial charge in [0.15, 0.2) is 5.75 Å². The van der Waals surface area contributed by atoms with Gasteiger partial charge in [0.05, 0.1) is 36.6 Å². The van der Waals surface area contributed by atoms with Crippen molar-refractivity contribution >= 4 is 44.6 Å². The summed E-state index contributed by atoms with van der Waals surface area (Å²) >= 11 is 0. The fourth-order valence-corrected chi connectivity index (χ4v) is 4.45. The minimum Gasteiger partial charge on any atom is -0.492 e. The highest BCUT2D eigenvalue weighted by Crippen LogP contribution is 2.39. The third-order valence-electron chi connectivity index (χ3n) is 6.07. The first-order valence-corrected chi connectivity index (χ1v) is 14.5. The summed E-state index contributed by atoms with van der Waals surface area (Å²) in [6.45, 7) is 7.72. The molecule has 11 nitrogen and oxygen atoms in total. The van der Waals surface area contributed by atoms with Crippen LogP contribution in [0, 0.1) is 6.92 Å². The molecule has 218 valence electrons. The number of amides is 2. The zero-order valence-corrected chi connectivity index (χ0v) is 24.8. The second-order valence-electron chi connectivity index (χ2n) is 10.6. The number of aryl methyl sites for hydroxylation is 1. The third-order valence-corrected chi connectivity index (χ3v) is 6.66. The molecule has 0 heterocycles. The van der Waals surface area contributed by atoms with Gasteiger partial charge in [-0.3, -0.25) is 19.3 Å². The number of sulfonamides is 1. The number of methoxy groups -OCH3 is 1. The van der Waals surface area contributed by atoms with Crippen molar-refractivity contribution in [2.75, 3.05) is 33.7 Å². The largest absolute Gasteiger partial charge is 0.492 e. The second kappa shape index (κ2) is 12.4. The SMILES string of the molecule is COc1c(NC(=O)c2ccc(C)c(N(N)/C=C(\[NH3+])C(=O)Nc3ccccc3)c2)cc(C(C)(C)C)cc1NS(C)(=O)=O. The Labute approximate surface area is 240 Å². The normalized spacial score (nSPS) is 12.0. The molecule has 0 aliphatic rings. The molecule has 0 aliphatic heterocycles. The van der Waals surface area contributed by atoms with E-state index >= 15 is 0 Å². The zero-order chi connectivity index (χ0) is 30.5. The Kier molecular flexibility index (Phi) is 9.43. The van der Waals surface area contributed by atoms with Crippen molar-refractivity contribution < 1.29 is 28.5 Å². The van der Waals surface area contributed by atoms with E-state index in [-0.39, 0.29) is 28.1 Å². The number of quaternary nitrogens is 1. The van der Waals surface area contributed by atoms with E-state index in [9.17, 15) is 18.0 Å². The molecule has 3 aromatic rings. The Morgan fingerprint density at radius 2 is 1.63 bits per heavy atom. The van der Waals surface area contributed by atoms with Crippen molar-refractivity contribution in [2.24, 2.45) is 5.84 Å². The number of hydrogen-bond acceptors (Lipinski definition) is 7. The van der Waals surface area contributed by atoms with E-state index in [1.54, 1.807) is 54.6 Å². The summed E-state index contributed by atoms with van der Waals surface area (Å²) in [4.78, 5) is 26.0. The average molecular weight is 582 g/mol. The molecule has 0 spiro atoms. The van der Waals surface area contributed by atoms with Crippen LogP contribution in [-0.2, 0) is 20.2 Å². The minimum absolute atomic E-state index is 0.111. The Morgan fingerprint density at radius 1 is 1.00 bits per heavy atom. The number of nitrogens with one attached hydrogen (secondary N) is 3. The van der Waals surface area contributed by atoms with Crippen LogP contribution in [0.5, 0.6) is 5.75 Å². The van der Waals surface area contributed by atoms with Crippen LogP contribution in [0.25, 0.3) is 0 Å². The lowest BCUT2D eigenvalue weighted by Gasteiger charge is -2.24. The summed E-state index contributed by atoms with van der Waals surface area (Å²) in [6.07, 6.45) is 2.42. The number of hydrogen-bond donors (Lipinski definition) is 5. The van der Waals surface area contributed by atoms with Crippen molar-refractivity contribution in [2.45, 2.75) is 33.1 Å². The van der Waals surface area contributed by atoms with E-state index in [2.05, 4.69) is 21.1 Å². The van der Waals surface area contributed by atoms with Gasteiger partial charge in [0.1, 0.15) is 0 Å². The number of hydrazine groups is 1. The maximum Gasteiger partial charge on any atom is 0.311 e. The van der Waals surface area contributed by atoms with Gasteiger partial charge in [0, 0.05) is 11.3 Å². The standard InChI is InChI=1S/C29H36N6O5S/c1-18-12-13-19(14-25(18)35(31)17-22(30)28(37)32-21-10-8-7-9-11-21)27(36)33-23-15-20(29(2,3)4)16-24(26(23)40-5)34-41(6,38)39/h7-17,34H,30-31H2,1-6H3,(H,32,37)(H,33,36)/p+1/b22-17-. The smallest absolute Gasteiger partial charge is 0.311 e. The number of nitrogens with zero attached hydrogens (tertiary/aromatic N) is 1. The Bertz CT molecular complexity index is 1580. The fraction of sp³-hybridized carbons (Fsp3) is 0.241. The van der Waals surface area contributed by atoms with Gasteiger partial charge in [-0.25, -0.2) is 14.3 Å². The second-order valence-corrected chi connectivity index (χ2v) is 12.3. The van der Waals surface area contributed by atoms with Crippen LogP contribution in [0.1, 0.15) is 42.3 Å². The van der Waals surface area contributed by atoms with Gasteiger partial charge >= 0.3 is 5.91 Å². The molecule has 0 saturated carbocycles. The third kappa shape index (κ3) is 8.30. The monoisotopic (exact) mass is 581 g/mol. The van der Waals surface area contributed by atoms with Crippen molar-refractivity contribution in [1.29, 1.82) is 0 Å². The molecule has 0 radical (unpaired) electrons. The maximum absolute atomic E-state index is 13.4. The molecule has 3 aromatic carbocycles. The molecule has 0 fully saturated rings. The summed E-state index contributed by atoms with van der Waals surface area (Å²) < 4.78 is 32.0. The average Bonchev–Trinajstić information content (AvgIpc) is 2.87. The van der Waals surface area contributed by atoms with Gasteiger partial charge in [-0.2, -0.15) is 0 Å². The van der Waals surface area contributed by atoms with E-state index in [0.29, 0.717) is 17.1 Å². The predicted octanol–water partition coefficient (Wildman–Crippen LogP) is 3.33. The lowest BCUT2D eigenvalue weighted by atomic mass is 9.86. The van der Waals surface area contributed by atoms with Crippen LogP contribution in [0.2, 0.25) is 0 Å². The number of anilines is 4. The first kappa shape index (κ1) is 31.1. The summed E-state index contributed by atoms with van der Waals surface area (Å²) in [5, 5.41) is 6.81. The number of carbonyl (C=O) groups is 2. The van der Waals surface area contributed by atoms with E-state index < -0.39 is 21.8 Å². The number of rotatable bonds is 9. The zero-order valence-electron chi connectivity index (χ0n) is 24.0. The molecule has 41 heavy (non-hydrogen) atoms. The van der Waals surface area contributed by atoms with Gasteiger partial charge in [-0.15, -0.1) is 0 Å². The van der Waals surface area contributed by atoms with Crippen LogP contribution in [0.15, 0.2) is 72.6 Å². The predicted molar refractivity (Wildman–Crippen MR) is 162 cm³/mol. The first-order valence-electron chi connectivity index (χ1n) is 12.7. The highest BCUT2D eigenvalue weighted by molar-refractivity contribution is 7.92. The molecule has 0 aromatic heterocycles.